The van der Waals surface area contributed by atoms with E-state index in [1.165, 1.54) is 24.4 Å². The average molecular weight is 488 g/mol. The van der Waals surface area contributed by atoms with E-state index in [-0.39, 0.29) is 11.4 Å². The fourth-order valence-corrected chi connectivity index (χ4v) is 4.60. The summed E-state index contributed by atoms with van der Waals surface area (Å²) in [5.74, 6) is 0.0273. The lowest BCUT2D eigenvalue weighted by atomic mass is 10.0. The molecule has 8 heteroatoms. The van der Waals surface area contributed by atoms with Gasteiger partial charge in [0.05, 0.1) is 22.0 Å². The van der Waals surface area contributed by atoms with Gasteiger partial charge in [0.1, 0.15) is 17.3 Å². The standard InChI is InChI=1S/C27H23ClFN5O/c1-16-3-2-10-34(16)25-13-19(17-4-7-21(29)8-5-17)12-24(33-25)18-6-9-23(31-14-18)26-22(28)11-20(15-32-26)27(30)35/h4-9,11-16H,2-3,10H2,1H3,(H2,30,35)/t16-/m0/s1. The normalized spacial score (nSPS) is 15.4. The van der Waals surface area contributed by atoms with Crippen molar-refractivity contribution in [3.63, 3.8) is 0 Å². The van der Waals surface area contributed by atoms with E-state index in [1.807, 2.05) is 18.2 Å². The van der Waals surface area contributed by atoms with Crippen LogP contribution in [0.15, 0.2) is 67.0 Å². The van der Waals surface area contributed by atoms with Crippen LogP contribution >= 0.6 is 11.6 Å². The number of carbonyl (C=O) groups excluding carboxylic acids is 1. The van der Waals surface area contributed by atoms with E-state index in [2.05, 4.69) is 27.9 Å². The highest BCUT2D eigenvalue weighted by Gasteiger charge is 2.23. The van der Waals surface area contributed by atoms with Gasteiger partial charge in [0.2, 0.25) is 5.91 Å². The summed E-state index contributed by atoms with van der Waals surface area (Å²) in [6.07, 6.45) is 5.35. The van der Waals surface area contributed by atoms with Crippen molar-refractivity contribution in [2.75, 3.05) is 11.4 Å². The first kappa shape index (κ1) is 22.9. The maximum atomic E-state index is 13.5. The quantitative estimate of drug-likeness (QED) is 0.387. The van der Waals surface area contributed by atoms with E-state index in [9.17, 15) is 9.18 Å². The molecule has 1 amide bonds. The SMILES string of the molecule is C[C@H]1CCCN1c1cc(-c2ccc(F)cc2)cc(-c2ccc(-c3ncc(C(N)=O)cc3Cl)nc2)n1. The molecular formula is C27H23ClFN5O. The first-order valence-corrected chi connectivity index (χ1v) is 11.7. The van der Waals surface area contributed by atoms with Crippen LogP contribution in [0.5, 0.6) is 0 Å². The highest BCUT2D eigenvalue weighted by Crippen LogP contribution is 2.33. The van der Waals surface area contributed by atoms with Crippen LogP contribution in [-0.2, 0) is 0 Å². The fourth-order valence-electron chi connectivity index (χ4n) is 4.34. The minimum Gasteiger partial charge on any atom is -0.366 e. The Morgan fingerprint density at radius 2 is 1.77 bits per heavy atom. The van der Waals surface area contributed by atoms with Crippen LogP contribution in [0.1, 0.15) is 30.1 Å². The summed E-state index contributed by atoms with van der Waals surface area (Å²) in [5, 5.41) is 0.295. The highest BCUT2D eigenvalue weighted by atomic mass is 35.5. The minimum absolute atomic E-state index is 0.237. The molecule has 4 aromatic rings. The van der Waals surface area contributed by atoms with Crippen LogP contribution in [0.25, 0.3) is 33.8 Å². The molecule has 5 rings (SSSR count). The molecule has 35 heavy (non-hydrogen) atoms. The highest BCUT2D eigenvalue weighted by molar-refractivity contribution is 6.33. The second-order valence-corrected chi connectivity index (χ2v) is 9.05. The van der Waals surface area contributed by atoms with Crippen LogP contribution in [0.4, 0.5) is 10.2 Å². The Kier molecular flexibility index (Phi) is 6.17. The summed E-state index contributed by atoms with van der Waals surface area (Å²) < 4.78 is 13.5. The van der Waals surface area contributed by atoms with Gasteiger partial charge in [-0.05, 0) is 73.4 Å². The summed E-state index contributed by atoms with van der Waals surface area (Å²) >= 11 is 6.32. The Morgan fingerprint density at radius 3 is 2.40 bits per heavy atom. The molecule has 0 spiro atoms. The first-order valence-electron chi connectivity index (χ1n) is 11.4. The third-order valence-electron chi connectivity index (χ3n) is 6.26. The molecule has 1 aliphatic rings. The molecule has 0 saturated carbocycles. The van der Waals surface area contributed by atoms with E-state index in [4.69, 9.17) is 22.3 Å². The number of nitrogens with two attached hydrogens (primary N) is 1. The van der Waals surface area contributed by atoms with Crippen molar-refractivity contribution in [2.24, 2.45) is 5.73 Å². The molecule has 3 aromatic heterocycles. The number of rotatable bonds is 5. The summed E-state index contributed by atoms with van der Waals surface area (Å²) in [6.45, 7) is 3.15. The molecule has 6 nitrogen and oxygen atoms in total. The number of nitrogens with zero attached hydrogens (tertiary/aromatic N) is 4. The third kappa shape index (κ3) is 4.72. The van der Waals surface area contributed by atoms with Gasteiger partial charge in [-0.1, -0.05) is 23.7 Å². The van der Waals surface area contributed by atoms with Crippen molar-refractivity contribution in [3.8, 4) is 33.8 Å². The molecule has 0 aliphatic carbocycles. The molecule has 1 atom stereocenters. The molecule has 1 saturated heterocycles. The van der Waals surface area contributed by atoms with Gasteiger partial charge < -0.3 is 10.6 Å². The number of pyridine rings is 3. The molecule has 1 fully saturated rings. The lowest BCUT2D eigenvalue weighted by molar-refractivity contribution is 0.1000. The van der Waals surface area contributed by atoms with Gasteiger partial charge in [-0.3, -0.25) is 14.8 Å². The summed E-state index contributed by atoms with van der Waals surface area (Å²) in [4.78, 5) is 27.4. The van der Waals surface area contributed by atoms with Crippen molar-refractivity contribution < 1.29 is 9.18 Å². The Balaban J connectivity index is 1.54. The molecule has 4 heterocycles. The largest absolute Gasteiger partial charge is 0.366 e. The molecule has 2 N–H and O–H groups in total. The monoisotopic (exact) mass is 487 g/mol. The van der Waals surface area contributed by atoms with Crippen molar-refractivity contribution in [1.82, 2.24) is 15.0 Å². The molecular weight excluding hydrogens is 465 g/mol. The summed E-state index contributed by atoms with van der Waals surface area (Å²) in [7, 11) is 0. The summed E-state index contributed by atoms with van der Waals surface area (Å²) in [5.41, 5.74) is 10.0. The smallest absolute Gasteiger partial charge is 0.250 e. The van der Waals surface area contributed by atoms with Crippen LogP contribution < -0.4 is 10.6 Å². The number of primary amides is 1. The Bertz CT molecular complexity index is 1390. The van der Waals surface area contributed by atoms with E-state index >= 15 is 0 Å². The second kappa shape index (κ2) is 9.43. The molecule has 0 radical (unpaired) electrons. The molecule has 1 aromatic carbocycles. The maximum Gasteiger partial charge on any atom is 0.250 e. The Labute approximate surface area is 207 Å². The number of amides is 1. The zero-order valence-corrected chi connectivity index (χ0v) is 19.8. The van der Waals surface area contributed by atoms with Gasteiger partial charge in [0, 0.05) is 30.5 Å². The number of carbonyl (C=O) groups is 1. The van der Waals surface area contributed by atoms with E-state index < -0.39 is 5.91 Å². The number of hydrogen-bond donors (Lipinski definition) is 1. The lowest BCUT2D eigenvalue weighted by Crippen LogP contribution is -2.27. The number of hydrogen-bond acceptors (Lipinski definition) is 5. The molecule has 176 valence electrons. The predicted molar refractivity (Wildman–Crippen MR) is 136 cm³/mol. The minimum atomic E-state index is -0.593. The predicted octanol–water partition coefficient (Wildman–Crippen LogP) is 5.75. The third-order valence-corrected chi connectivity index (χ3v) is 6.55. The Hall–Kier alpha value is -3.84. The number of halogens is 2. The van der Waals surface area contributed by atoms with Crippen LogP contribution in [-0.4, -0.2) is 33.4 Å². The van der Waals surface area contributed by atoms with Gasteiger partial charge in [-0.2, -0.15) is 0 Å². The molecule has 0 unspecified atom stereocenters. The number of benzene rings is 1. The van der Waals surface area contributed by atoms with Gasteiger partial charge in [0.25, 0.3) is 0 Å². The van der Waals surface area contributed by atoms with Crippen molar-refractivity contribution in [3.05, 3.63) is 83.4 Å². The van der Waals surface area contributed by atoms with Crippen LogP contribution in [0.3, 0.4) is 0 Å². The Morgan fingerprint density at radius 1 is 1.00 bits per heavy atom. The fraction of sp³-hybridized carbons (Fsp3) is 0.185. The van der Waals surface area contributed by atoms with Crippen LogP contribution in [0.2, 0.25) is 5.02 Å². The van der Waals surface area contributed by atoms with Gasteiger partial charge in [0.15, 0.2) is 0 Å². The maximum absolute atomic E-state index is 13.5. The second-order valence-electron chi connectivity index (χ2n) is 8.64. The van der Waals surface area contributed by atoms with E-state index in [0.29, 0.717) is 22.5 Å². The van der Waals surface area contributed by atoms with Crippen LogP contribution in [0, 0.1) is 5.82 Å². The molecule has 1 aliphatic heterocycles. The number of anilines is 1. The van der Waals surface area contributed by atoms with Crippen molar-refractivity contribution in [2.45, 2.75) is 25.8 Å². The zero-order chi connectivity index (χ0) is 24.5. The first-order chi connectivity index (χ1) is 16.9. The van der Waals surface area contributed by atoms with E-state index in [1.54, 1.807) is 18.3 Å². The van der Waals surface area contributed by atoms with Gasteiger partial charge in [-0.25, -0.2) is 9.37 Å². The number of aromatic nitrogens is 3. The van der Waals surface area contributed by atoms with Crippen molar-refractivity contribution in [1.29, 1.82) is 0 Å². The summed E-state index contributed by atoms with van der Waals surface area (Å²) in [6, 6.07) is 16.1. The molecule has 0 bridgehead atoms. The van der Waals surface area contributed by atoms with Gasteiger partial charge in [-0.15, -0.1) is 0 Å². The topological polar surface area (TPSA) is 85.0 Å². The zero-order valence-electron chi connectivity index (χ0n) is 19.1. The van der Waals surface area contributed by atoms with E-state index in [0.717, 1.165) is 47.6 Å². The lowest BCUT2D eigenvalue weighted by Gasteiger charge is -2.24. The van der Waals surface area contributed by atoms with Crippen molar-refractivity contribution >= 4 is 23.3 Å². The van der Waals surface area contributed by atoms with Gasteiger partial charge >= 0.3 is 0 Å². The average Bonchev–Trinajstić information content (AvgIpc) is 3.30.